The molecule has 0 saturated heterocycles. The molecule has 0 aliphatic carbocycles. The van der Waals surface area contributed by atoms with Gasteiger partial charge in [-0.25, -0.2) is 4.57 Å². The van der Waals surface area contributed by atoms with Gasteiger partial charge in [0.05, 0.1) is 19.8 Å². The van der Waals surface area contributed by atoms with Crippen LogP contribution in [0.15, 0.2) is 48.6 Å². The second-order valence-electron chi connectivity index (χ2n) is 13.7. The van der Waals surface area contributed by atoms with Gasteiger partial charge in [0.25, 0.3) is 0 Å². The summed E-state index contributed by atoms with van der Waals surface area (Å²) in [4.78, 5) is 34.9. The molecule has 3 atom stereocenters. The van der Waals surface area contributed by atoms with Crippen molar-refractivity contribution in [2.75, 3.05) is 26.4 Å². The molecular weight excluding hydrogens is 695 g/mol. The maximum Gasteiger partial charge on any atom is 0.472 e. The van der Waals surface area contributed by atoms with Crippen molar-refractivity contribution in [3.8, 4) is 0 Å². The first-order valence-electron chi connectivity index (χ1n) is 20.6. The standard InChI is InChI=1S/C42H75O10P/c1-3-5-7-9-11-13-15-17-18-19-20-22-24-26-28-30-32-34-42(46)52-40(38-51-53(47,48)50-36-39(44)35-43)37-49-41(45)33-31-29-27-25-23-21-16-14-12-10-8-6-4-2/h13,15,18-19,22,24,28,30,39-40,43-44H,3-12,14,16-17,20-21,23,25-27,29,31-38H2,1-2H3,(H,47,48). The van der Waals surface area contributed by atoms with Gasteiger partial charge in [-0.05, 0) is 44.9 Å². The molecule has 308 valence electrons. The highest BCUT2D eigenvalue weighted by Gasteiger charge is 2.27. The average Bonchev–Trinajstić information content (AvgIpc) is 3.14. The van der Waals surface area contributed by atoms with Gasteiger partial charge in [-0.3, -0.25) is 18.6 Å². The van der Waals surface area contributed by atoms with Crippen molar-refractivity contribution in [3.05, 3.63) is 48.6 Å². The van der Waals surface area contributed by atoms with Gasteiger partial charge >= 0.3 is 19.8 Å². The Bertz CT molecular complexity index is 1030. The number of esters is 2. The molecule has 0 amide bonds. The molecule has 0 rings (SSSR count). The Morgan fingerprint density at radius 3 is 1.55 bits per heavy atom. The Morgan fingerprint density at radius 2 is 1.02 bits per heavy atom. The molecule has 0 bridgehead atoms. The molecule has 11 heteroatoms. The number of rotatable bonds is 38. The minimum atomic E-state index is -4.63. The van der Waals surface area contributed by atoms with Crippen LogP contribution in [0.3, 0.4) is 0 Å². The van der Waals surface area contributed by atoms with E-state index in [-0.39, 0.29) is 19.4 Å². The van der Waals surface area contributed by atoms with Gasteiger partial charge in [0.1, 0.15) is 12.7 Å². The van der Waals surface area contributed by atoms with E-state index in [0.717, 1.165) is 44.9 Å². The molecule has 0 aliphatic rings. The molecular formula is C42H75O10P. The smallest absolute Gasteiger partial charge is 0.462 e. The van der Waals surface area contributed by atoms with E-state index in [1.807, 2.05) is 12.2 Å². The van der Waals surface area contributed by atoms with Gasteiger partial charge in [0.15, 0.2) is 6.10 Å². The third kappa shape index (κ3) is 38.0. The third-order valence-electron chi connectivity index (χ3n) is 8.50. The Kier molecular flexibility index (Phi) is 36.7. The third-order valence-corrected chi connectivity index (χ3v) is 9.45. The number of carbonyl (C=O) groups is 2. The van der Waals surface area contributed by atoms with Crippen LogP contribution in [-0.2, 0) is 32.7 Å². The number of allylic oxidation sites excluding steroid dienone is 8. The minimum Gasteiger partial charge on any atom is -0.462 e. The molecule has 0 aliphatic heterocycles. The summed E-state index contributed by atoms with van der Waals surface area (Å²) in [5, 5.41) is 18.3. The topological polar surface area (TPSA) is 149 Å². The van der Waals surface area contributed by atoms with Crippen molar-refractivity contribution < 1.29 is 47.8 Å². The zero-order chi connectivity index (χ0) is 39.1. The fraction of sp³-hybridized carbons (Fsp3) is 0.762. The van der Waals surface area contributed by atoms with Gasteiger partial charge in [0, 0.05) is 12.8 Å². The molecule has 0 saturated carbocycles. The zero-order valence-corrected chi connectivity index (χ0v) is 34.1. The summed E-state index contributed by atoms with van der Waals surface area (Å²) in [6, 6.07) is 0. The maximum absolute atomic E-state index is 12.5. The first kappa shape index (κ1) is 50.9. The van der Waals surface area contributed by atoms with E-state index in [4.69, 9.17) is 19.1 Å². The van der Waals surface area contributed by atoms with Gasteiger partial charge in [-0.1, -0.05) is 159 Å². The van der Waals surface area contributed by atoms with E-state index in [0.29, 0.717) is 12.8 Å². The fourth-order valence-corrected chi connectivity index (χ4v) is 6.08. The van der Waals surface area contributed by atoms with Crippen LogP contribution in [0.4, 0.5) is 0 Å². The first-order valence-corrected chi connectivity index (χ1v) is 22.1. The number of hydrogen-bond acceptors (Lipinski definition) is 9. The Labute approximate surface area is 322 Å². The molecule has 0 aromatic carbocycles. The van der Waals surface area contributed by atoms with E-state index in [9.17, 15) is 24.2 Å². The van der Waals surface area contributed by atoms with Crippen molar-refractivity contribution in [2.45, 2.75) is 180 Å². The lowest BCUT2D eigenvalue weighted by Crippen LogP contribution is -2.29. The normalized spacial score (nSPS) is 14.4. The molecule has 53 heavy (non-hydrogen) atoms. The van der Waals surface area contributed by atoms with E-state index in [1.165, 1.54) is 83.5 Å². The monoisotopic (exact) mass is 771 g/mol. The van der Waals surface area contributed by atoms with E-state index in [2.05, 4.69) is 54.8 Å². The molecule has 0 spiro atoms. The first-order chi connectivity index (χ1) is 25.7. The van der Waals surface area contributed by atoms with Crippen LogP contribution in [0.25, 0.3) is 0 Å². The number of aliphatic hydroxyl groups is 2. The number of hydrogen-bond donors (Lipinski definition) is 3. The van der Waals surface area contributed by atoms with E-state index < -0.39 is 51.8 Å². The minimum absolute atomic E-state index is 0.0639. The largest absolute Gasteiger partial charge is 0.472 e. The molecule has 0 fully saturated rings. The SMILES string of the molecule is CCCCCCC=CCC=CCC=CCC=CCCC(=O)OC(COC(=O)CCCCCCCCCCCCCCC)COP(=O)(O)OCC(O)CO. The van der Waals surface area contributed by atoms with Gasteiger partial charge in [0.2, 0.25) is 0 Å². The number of phosphoric acid groups is 1. The predicted molar refractivity (Wildman–Crippen MR) is 214 cm³/mol. The molecule has 0 heterocycles. The summed E-state index contributed by atoms with van der Waals surface area (Å²) in [7, 11) is -4.63. The van der Waals surface area contributed by atoms with Crippen molar-refractivity contribution in [1.82, 2.24) is 0 Å². The zero-order valence-electron chi connectivity index (χ0n) is 33.2. The van der Waals surface area contributed by atoms with E-state index in [1.54, 1.807) is 0 Å². The number of aliphatic hydroxyl groups excluding tert-OH is 2. The lowest BCUT2D eigenvalue weighted by atomic mass is 10.0. The van der Waals surface area contributed by atoms with Crippen molar-refractivity contribution >= 4 is 19.8 Å². The highest BCUT2D eigenvalue weighted by molar-refractivity contribution is 7.47. The number of ether oxygens (including phenoxy) is 2. The lowest BCUT2D eigenvalue weighted by Gasteiger charge is -2.20. The number of phosphoric ester groups is 1. The van der Waals surface area contributed by atoms with Crippen molar-refractivity contribution in [2.24, 2.45) is 0 Å². The second kappa shape index (κ2) is 38.2. The lowest BCUT2D eigenvalue weighted by molar-refractivity contribution is -0.161. The average molecular weight is 771 g/mol. The Balaban J connectivity index is 4.45. The number of carbonyl (C=O) groups excluding carboxylic acids is 2. The summed E-state index contributed by atoms with van der Waals surface area (Å²) in [5.41, 5.74) is 0. The summed E-state index contributed by atoms with van der Waals surface area (Å²) in [6.45, 7) is 2.27. The fourth-order valence-electron chi connectivity index (χ4n) is 5.29. The van der Waals surface area contributed by atoms with Gasteiger partial charge < -0.3 is 24.6 Å². The van der Waals surface area contributed by atoms with E-state index >= 15 is 0 Å². The van der Waals surface area contributed by atoms with Crippen LogP contribution >= 0.6 is 7.82 Å². The highest BCUT2D eigenvalue weighted by Crippen LogP contribution is 2.43. The van der Waals surface area contributed by atoms with Crippen LogP contribution in [-0.4, -0.2) is 65.7 Å². The van der Waals surface area contributed by atoms with Crippen LogP contribution < -0.4 is 0 Å². The second-order valence-corrected chi connectivity index (χ2v) is 15.1. The summed E-state index contributed by atoms with van der Waals surface area (Å²) in [5.74, 6) is -1.02. The van der Waals surface area contributed by atoms with Gasteiger partial charge in [-0.2, -0.15) is 0 Å². The van der Waals surface area contributed by atoms with Crippen LogP contribution in [0.1, 0.15) is 168 Å². The molecule has 0 aromatic heterocycles. The molecule has 0 aromatic rings. The Hall–Kier alpha value is -2.07. The summed E-state index contributed by atoms with van der Waals surface area (Å²) in [6.07, 6.45) is 39.5. The van der Waals surface area contributed by atoms with Crippen molar-refractivity contribution in [1.29, 1.82) is 0 Å². The van der Waals surface area contributed by atoms with Crippen LogP contribution in [0.5, 0.6) is 0 Å². The molecule has 3 N–H and O–H groups in total. The quantitative estimate of drug-likeness (QED) is 0.0240. The Morgan fingerprint density at radius 1 is 0.566 bits per heavy atom. The summed E-state index contributed by atoms with van der Waals surface area (Å²) >= 11 is 0. The number of unbranched alkanes of at least 4 members (excludes halogenated alkanes) is 16. The molecule has 10 nitrogen and oxygen atoms in total. The highest BCUT2D eigenvalue weighted by atomic mass is 31.2. The maximum atomic E-state index is 12.5. The molecule has 3 unspecified atom stereocenters. The van der Waals surface area contributed by atoms with Crippen LogP contribution in [0.2, 0.25) is 0 Å². The molecule has 0 radical (unpaired) electrons. The van der Waals surface area contributed by atoms with Gasteiger partial charge in [-0.15, -0.1) is 0 Å². The summed E-state index contributed by atoms with van der Waals surface area (Å²) < 4.78 is 32.6. The van der Waals surface area contributed by atoms with Crippen LogP contribution in [0, 0.1) is 0 Å². The predicted octanol–water partition coefficient (Wildman–Crippen LogP) is 10.6. The van der Waals surface area contributed by atoms with Crippen molar-refractivity contribution in [3.63, 3.8) is 0 Å².